The van der Waals surface area contributed by atoms with Crippen molar-refractivity contribution in [1.29, 1.82) is 5.41 Å². The van der Waals surface area contributed by atoms with Gasteiger partial charge >= 0.3 is 0 Å². The third-order valence-electron chi connectivity index (χ3n) is 2.22. The molecular weight excluding hydrogens is 254 g/mol. The van der Waals surface area contributed by atoms with E-state index in [2.05, 4.69) is 10.1 Å². The van der Waals surface area contributed by atoms with Crippen LogP contribution in [-0.4, -0.2) is 20.6 Å². The number of nitrogen functional groups attached to an aromatic ring is 1. The Hall–Kier alpha value is -1.34. The second kappa shape index (κ2) is 4.50. The summed E-state index contributed by atoms with van der Waals surface area (Å²) in [7, 11) is 1.85. The summed E-state index contributed by atoms with van der Waals surface area (Å²) in [6, 6.07) is 0. The molecule has 2 heterocycles. The Balaban J connectivity index is 2.41. The summed E-state index contributed by atoms with van der Waals surface area (Å²) in [6.07, 6.45) is 0. The number of amidine groups is 1. The van der Waals surface area contributed by atoms with Crippen molar-refractivity contribution in [3.63, 3.8) is 0 Å². The van der Waals surface area contributed by atoms with E-state index in [-0.39, 0.29) is 5.84 Å². The van der Waals surface area contributed by atoms with Gasteiger partial charge in [0.25, 0.3) is 0 Å². The number of hydrogen-bond donors (Lipinski definition) is 2. The lowest BCUT2D eigenvalue weighted by Crippen LogP contribution is -2.13. The molecule has 0 bridgehead atoms. The van der Waals surface area contributed by atoms with Crippen LogP contribution in [0.15, 0.2) is 14.7 Å². The fraction of sp³-hybridized carbons (Fsp3) is 0.300. The van der Waals surface area contributed by atoms with Gasteiger partial charge in [-0.25, -0.2) is 4.98 Å². The molecule has 2 aromatic rings. The van der Waals surface area contributed by atoms with E-state index in [1.165, 1.54) is 11.8 Å². The number of aryl methyl sites for hydroxylation is 3. The second-order valence-electron chi connectivity index (χ2n) is 3.66. The molecule has 0 unspecified atom stereocenters. The van der Waals surface area contributed by atoms with E-state index in [1.54, 1.807) is 16.0 Å². The van der Waals surface area contributed by atoms with Crippen LogP contribution in [0.2, 0.25) is 0 Å². The molecule has 17 heavy (non-hydrogen) atoms. The molecule has 2 aromatic heterocycles. The van der Waals surface area contributed by atoms with E-state index in [1.807, 2.05) is 26.3 Å². The molecule has 0 radical (unpaired) electrons. The molecule has 0 aliphatic heterocycles. The fourth-order valence-corrected chi connectivity index (χ4v) is 3.51. The number of hydrogen-bond acceptors (Lipinski definition) is 5. The standard InChI is InChI=1S/C10H13N5S2/c1-5-4-16-10(13-5)17-9-7(8(11)12)6(2)14-15(9)3/h4H,1-3H3,(H3,11,12). The van der Waals surface area contributed by atoms with E-state index < -0.39 is 0 Å². The van der Waals surface area contributed by atoms with Gasteiger partial charge in [-0.15, -0.1) is 11.3 Å². The molecular formula is C10H13N5S2. The van der Waals surface area contributed by atoms with Crippen LogP contribution in [0.4, 0.5) is 0 Å². The van der Waals surface area contributed by atoms with Crippen molar-refractivity contribution in [3.8, 4) is 0 Å². The molecule has 90 valence electrons. The highest BCUT2D eigenvalue weighted by Gasteiger charge is 2.17. The molecule has 7 heteroatoms. The van der Waals surface area contributed by atoms with Gasteiger partial charge in [0.05, 0.1) is 11.3 Å². The largest absolute Gasteiger partial charge is 0.384 e. The van der Waals surface area contributed by atoms with E-state index in [0.29, 0.717) is 5.56 Å². The molecule has 0 aliphatic carbocycles. The Kier molecular flexibility index (Phi) is 3.21. The zero-order chi connectivity index (χ0) is 12.6. The highest BCUT2D eigenvalue weighted by atomic mass is 32.2. The summed E-state index contributed by atoms with van der Waals surface area (Å²) in [5.41, 5.74) is 8.06. The zero-order valence-corrected chi connectivity index (χ0v) is 11.4. The average molecular weight is 267 g/mol. The van der Waals surface area contributed by atoms with Gasteiger partial charge in [-0.05, 0) is 25.6 Å². The molecule has 0 spiro atoms. The number of aromatic nitrogens is 3. The monoisotopic (exact) mass is 267 g/mol. The first-order chi connectivity index (χ1) is 7.99. The van der Waals surface area contributed by atoms with E-state index >= 15 is 0 Å². The van der Waals surface area contributed by atoms with Gasteiger partial charge in [0.2, 0.25) is 0 Å². The Morgan fingerprint density at radius 2 is 2.24 bits per heavy atom. The van der Waals surface area contributed by atoms with Gasteiger partial charge in [0.1, 0.15) is 10.9 Å². The Morgan fingerprint density at radius 3 is 2.76 bits per heavy atom. The van der Waals surface area contributed by atoms with Gasteiger partial charge in [-0.2, -0.15) is 5.10 Å². The second-order valence-corrected chi connectivity index (χ2v) is 5.75. The van der Waals surface area contributed by atoms with Gasteiger partial charge in [0.15, 0.2) is 4.34 Å². The smallest absolute Gasteiger partial charge is 0.156 e. The van der Waals surface area contributed by atoms with Crippen molar-refractivity contribution < 1.29 is 0 Å². The third-order valence-corrected chi connectivity index (χ3v) is 4.44. The third kappa shape index (κ3) is 2.34. The lowest BCUT2D eigenvalue weighted by atomic mass is 10.2. The summed E-state index contributed by atoms with van der Waals surface area (Å²) in [5.74, 6) is 0.0476. The van der Waals surface area contributed by atoms with Gasteiger partial charge in [-0.1, -0.05) is 0 Å². The molecule has 0 atom stereocenters. The van der Waals surface area contributed by atoms with Gasteiger partial charge in [-0.3, -0.25) is 10.1 Å². The van der Waals surface area contributed by atoms with Crippen LogP contribution in [0, 0.1) is 19.3 Å². The van der Waals surface area contributed by atoms with Crippen LogP contribution in [0.3, 0.4) is 0 Å². The van der Waals surface area contributed by atoms with Crippen LogP contribution in [0.25, 0.3) is 0 Å². The lowest BCUT2D eigenvalue weighted by Gasteiger charge is -2.02. The van der Waals surface area contributed by atoms with E-state index in [4.69, 9.17) is 11.1 Å². The quantitative estimate of drug-likeness (QED) is 0.657. The van der Waals surface area contributed by atoms with Crippen molar-refractivity contribution in [1.82, 2.24) is 14.8 Å². The van der Waals surface area contributed by atoms with Gasteiger partial charge < -0.3 is 5.73 Å². The number of nitrogens with two attached hydrogens (primary N) is 1. The van der Waals surface area contributed by atoms with Crippen molar-refractivity contribution in [3.05, 3.63) is 22.3 Å². The maximum Gasteiger partial charge on any atom is 0.156 e. The molecule has 0 aromatic carbocycles. The molecule has 0 fully saturated rings. The van der Waals surface area contributed by atoms with Crippen LogP contribution in [0.1, 0.15) is 17.0 Å². The topological polar surface area (TPSA) is 80.6 Å². The van der Waals surface area contributed by atoms with Crippen LogP contribution in [0.5, 0.6) is 0 Å². The molecule has 5 nitrogen and oxygen atoms in total. The number of thiazole rings is 1. The Bertz CT molecular complexity index is 569. The first-order valence-electron chi connectivity index (χ1n) is 4.97. The minimum atomic E-state index is 0.0476. The molecule has 2 rings (SSSR count). The fourth-order valence-electron chi connectivity index (χ4n) is 1.53. The van der Waals surface area contributed by atoms with Crippen molar-refractivity contribution in [2.24, 2.45) is 12.8 Å². The minimum Gasteiger partial charge on any atom is -0.384 e. The summed E-state index contributed by atoms with van der Waals surface area (Å²) in [6.45, 7) is 3.81. The lowest BCUT2D eigenvalue weighted by molar-refractivity contribution is 0.692. The summed E-state index contributed by atoms with van der Waals surface area (Å²) >= 11 is 3.08. The SMILES string of the molecule is Cc1csc(Sc2c(C(=N)N)c(C)nn2C)n1. The van der Waals surface area contributed by atoms with Crippen LogP contribution >= 0.6 is 23.1 Å². The van der Waals surface area contributed by atoms with Crippen LogP contribution < -0.4 is 5.73 Å². The predicted octanol–water partition coefficient (Wildman–Crippen LogP) is 1.93. The maximum absolute atomic E-state index is 7.60. The molecule has 0 aliphatic rings. The predicted molar refractivity (Wildman–Crippen MR) is 69.9 cm³/mol. The maximum atomic E-state index is 7.60. The molecule has 0 amide bonds. The van der Waals surface area contributed by atoms with Crippen LogP contribution in [-0.2, 0) is 7.05 Å². The number of nitrogens with one attached hydrogen (secondary N) is 1. The van der Waals surface area contributed by atoms with Crippen molar-refractivity contribution >= 4 is 28.9 Å². The molecule has 3 N–H and O–H groups in total. The van der Waals surface area contributed by atoms with Crippen molar-refractivity contribution in [2.75, 3.05) is 0 Å². The highest BCUT2D eigenvalue weighted by Crippen LogP contribution is 2.33. The highest BCUT2D eigenvalue weighted by molar-refractivity contribution is 8.01. The van der Waals surface area contributed by atoms with Gasteiger partial charge in [0, 0.05) is 18.1 Å². The average Bonchev–Trinajstić information content (AvgIpc) is 2.72. The first kappa shape index (κ1) is 12.1. The van der Waals surface area contributed by atoms with E-state index in [9.17, 15) is 0 Å². The normalized spacial score (nSPS) is 10.8. The number of nitrogens with zero attached hydrogens (tertiary/aromatic N) is 3. The zero-order valence-electron chi connectivity index (χ0n) is 9.81. The minimum absolute atomic E-state index is 0.0476. The Labute approximate surface area is 108 Å². The van der Waals surface area contributed by atoms with E-state index in [0.717, 1.165) is 20.8 Å². The number of rotatable bonds is 3. The summed E-state index contributed by atoms with van der Waals surface area (Å²) < 4.78 is 2.68. The summed E-state index contributed by atoms with van der Waals surface area (Å²) in [4.78, 5) is 4.39. The summed E-state index contributed by atoms with van der Waals surface area (Å²) in [5, 5.41) is 14.7. The Morgan fingerprint density at radius 1 is 1.53 bits per heavy atom. The first-order valence-corrected chi connectivity index (χ1v) is 6.66. The molecule has 0 saturated carbocycles. The molecule has 0 saturated heterocycles. The van der Waals surface area contributed by atoms with Crippen molar-refractivity contribution in [2.45, 2.75) is 23.2 Å².